The maximum atomic E-state index is 13.0. The molecule has 3 rings (SSSR count). The van der Waals surface area contributed by atoms with Gasteiger partial charge in [0.05, 0.1) is 0 Å². The van der Waals surface area contributed by atoms with Gasteiger partial charge in [-0.25, -0.2) is 9.78 Å². The number of piperazine rings is 1. The van der Waals surface area contributed by atoms with Gasteiger partial charge in [-0.05, 0) is 64.5 Å². The molecule has 1 saturated heterocycles. The highest BCUT2D eigenvalue weighted by Crippen LogP contribution is 2.31. The van der Waals surface area contributed by atoms with Gasteiger partial charge in [0.1, 0.15) is 5.82 Å². The number of anilines is 1. The molecule has 3 amide bonds. The zero-order chi connectivity index (χ0) is 21.7. The third-order valence-corrected chi connectivity index (χ3v) is 6.12. The van der Waals surface area contributed by atoms with Crippen molar-refractivity contribution in [2.75, 3.05) is 44.7 Å². The second kappa shape index (κ2) is 9.67. The molecule has 0 aromatic carbocycles. The van der Waals surface area contributed by atoms with Crippen LogP contribution in [0.3, 0.4) is 0 Å². The molecule has 2 heterocycles. The number of hydrogen-bond donors (Lipinski definition) is 1. The molecule has 2 fully saturated rings. The summed E-state index contributed by atoms with van der Waals surface area (Å²) in [7, 11) is 1.86. The maximum absolute atomic E-state index is 13.0. The molecule has 0 bridgehead atoms. The van der Waals surface area contributed by atoms with Crippen molar-refractivity contribution < 1.29 is 9.59 Å². The van der Waals surface area contributed by atoms with Crippen LogP contribution in [0.2, 0.25) is 0 Å². The predicted molar refractivity (Wildman–Crippen MR) is 119 cm³/mol. The summed E-state index contributed by atoms with van der Waals surface area (Å²) in [6, 6.07) is 5.93. The normalized spacial score (nSPS) is 22.5. The van der Waals surface area contributed by atoms with E-state index in [1.807, 2.05) is 57.1 Å². The van der Waals surface area contributed by atoms with Gasteiger partial charge in [0.25, 0.3) is 0 Å². The summed E-state index contributed by atoms with van der Waals surface area (Å²) in [6.07, 6.45) is 5.70. The van der Waals surface area contributed by atoms with E-state index in [2.05, 4.69) is 15.2 Å². The molecule has 166 valence electrons. The number of rotatable bonds is 4. The van der Waals surface area contributed by atoms with Crippen molar-refractivity contribution in [3.63, 3.8) is 0 Å². The smallest absolute Gasteiger partial charge is 0.317 e. The van der Waals surface area contributed by atoms with E-state index in [1.165, 1.54) is 0 Å². The fourth-order valence-electron chi connectivity index (χ4n) is 4.43. The molecule has 1 aliphatic heterocycles. The van der Waals surface area contributed by atoms with Crippen LogP contribution in [-0.2, 0) is 4.79 Å². The molecule has 0 unspecified atom stereocenters. The second-order valence-electron chi connectivity index (χ2n) is 9.78. The third kappa shape index (κ3) is 6.09. The van der Waals surface area contributed by atoms with Crippen LogP contribution in [-0.4, -0.2) is 72.0 Å². The van der Waals surface area contributed by atoms with Gasteiger partial charge in [0.15, 0.2) is 0 Å². The quantitative estimate of drug-likeness (QED) is 0.821. The highest BCUT2D eigenvalue weighted by molar-refractivity contribution is 5.79. The Labute approximate surface area is 180 Å². The van der Waals surface area contributed by atoms with Crippen LogP contribution in [0, 0.1) is 11.8 Å². The Balaban J connectivity index is 1.41. The number of carbonyl (C=O) groups is 2. The van der Waals surface area contributed by atoms with Gasteiger partial charge in [-0.2, -0.15) is 0 Å². The first-order chi connectivity index (χ1) is 14.2. The monoisotopic (exact) mass is 415 g/mol. The van der Waals surface area contributed by atoms with E-state index in [9.17, 15) is 9.59 Å². The standard InChI is InChI=1S/C23H37N5O2/c1-23(2,3)25-22(30)26(4)17-18-8-10-19(11-9-18)21(29)28-15-13-27(14-16-28)20-7-5-6-12-24-20/h5-7,12,18-19H,8-11,13-17H2,1-4H3,(H,25,30)/t18-,19-. The Hall–Kier alpha value is -2.31. The first kappa shape index (κ1) is 22.4. The Morgan fingerprint density at radius 3 is 2.33 bits per heavy atom. The van der Waals surface area contributed by atoms with Crippen LogP contribution in [0.1, 0.15) is 46.5 Å². The lowest BCUT2D eigenvalue weighted by Crippen LogP contribution is -2.51. The van der Waals surface area contributed by atoms with Crippen LogP contribution >= 0.6 is 0 Å². The number of carbonyl (C=O) groups excluding carboxylic acids is 2. The summed E-state index contributed by atoms with van der Waals surface area (Å²) in [5, 5.41) is 3.01. The maximum Gasteiger partial charge on any atom is 0.317 e. The summed E-state index contributed by atoms with van der Waals surface area (Å²) in [4.78, 5) is 35.8. The molecule has 1 aromatic heterocycles. The van der Waals surface area contributed by atoms with Gasteiger partial charge in [-0.1, -0.05) is 6.07 Å². The summed E-state index contributed by atoms with van der Waals surface area (Å²) in [5.74, 6) is 1.92. The average Bonchev–Trinajstić information content (AvgIpc) is 2.73. The average molecular weight is 416 g/mol. The fraction of sp³-hybridized carbons (Fsp3) is 0.696. The van der Waals surface area contributed by atoms with E-state index in [0.717, 1.165) is 64.2 Å². The number of aromatic nitrogens is 1. The van der Waals surface area contributed by atoms with Crippen molar-refractivity contribution in [3.05, 3.63) is 24.4 Å². The first-order valence-electron chi connectivity index (χ1n) is 11.2. The van der Waals surface area contributed by atoms with Gasteiger partial charge < -0.3 is 20.0 Å². The topological polar surface area (TPSA) is 68.8 Å². The number of nitrogens with one attached hydrogen (secondary N) is 1. The van der Waals surface area contributed by atoms with Crippen LogP contribution < -0.4 is 10.2 Å². The zero-order valence-electron chi connectivity index (χ0n) is 18.9. The molecule has 0 atom stereocenters. The van der Waals surface area contributed by atoms with Crippen LogP contribution in [0.5, 0.6) is 0 Å². The molecule has 1 N–H and O–H groups in total. The molecule has 1 aliphatic carbocycles. The summed E-state index contributed by atoms with van der Waals surface area (Å²) in [6.45, 7) is 9.95. The molecule has 1 saturated carbocycles. The molecule has 2 aliphatic rings. The van der Waals surface area contributed by atoms with Crippen LogP contribution in [0.25, 0.3) is 0 Å². The molecule has 1 aromatic rings. The summed E-state index contributed by atoms with van der Waals surface area (Å²) >= 11 is 0. The molecule has 30 heavy (non-hydrogen) atoms. The van der Waals surface area contributed by atoms with E-state index >= 15 is 0 Å². The molecule has 7 nitrogen and oxygen atoms in total. The Morgan fingerprint density at radius 1 is 1.10 bits per heavy atom. The Morgan fingerprint density at radius 2 is 1.77 bits per heavy atom. The Kier molecular flexibility index (Phi) is 7.21. The minimum absolute atomic E-state index is 0.0218. The minimum atomic E-state index is -0.226. The molecular formula is C23H37N5O2. The molecular weight excluding hydrogens is 378 g/mol. The van der Waals surface area contributed by atoms with E-state index < -0.39 is 0 Å². The van der Waals surface area contributed by atoms with E-state index in [-0.39, 0.29) is 17.5 Å². The van der Waals surface area contributed by atoms with Gasteiger partial charge in [0.2, 0.25) is 5.91 Å². The predicted octanol–water partition coefficient (Wildman–Crippen LogP) is 2.98. The van der Waals surface area contributed by atoms with Crippen molar-refractivity contribution in [3.8, 4) is 0 Å². The number of urea groups is 1. The third-order valence-electron chi connectivity index (χ3n) is 6.12. The van der Waals surface area contributed by atoms with Gasteiger partial charge in [0, 0.05) is 57.4 Å². The van der Waals surface area contributed by atoms with Crippen molar-refractivity contribution in [2.45, 2.75) is 52.0 Å². The SMILES string of the molecule is CN(C[C@H]1CC[C@H](C(=O)N2CCN(c3ccccn3)CC2)CC1)C(=O)NC(C)(C)C. The largest absolute Gasteiger partial charge is 0.353 e. The minimum Gasteiger partial charge on any atom is -0.353 e. The molecule has 7 heteroatoms. The van der Waals surface area contributed by atoms with Gasteiger partial charge in [-0.3, -0.25) is 4.79 Å². The van der Waals surface area contributed by atoms with Gasteiger partial charge in [-0.15, -0.1) is 0 Å². The van der Waals surface area contributed by atoms with E-state index in [0.29, 0.717) is 11.8 Å². The lowest BCUT2D eigenvalue weighted by molar-refractivity contribution is -0.137. The number of amides is 3. The lowest BCUT2D eigenvalue weighted by Gasteiger charge is -2.38. The Bertz CT molecular complexity index is 702. The van der Waals surface area contributed by atoms with Gasteiger partial charge >= 0.3 is 6.03 Å². The number of pyridine rings is 1. The van der Waals surface area contributed by atoms with Crippen molar-refractivity contribution in [1.82, 2.24) is 20.1 Å². The molecule has 0 radical (unpaired) electrons. The van der Waals surface area contributed by atoms with E-state index in [1.54, 1.807) is 4.90 Å². The fourth-order valence-corrected chi connectivity index (χ4v) is 4.43. The van der Waals surface area contributed by atoms with Crippen LogP contribution in [0.4, 0.5) is 10.6 Å². The highest BCUT2D eigenvalue weighted by Gasteiger charge is 2.32. The molecule has 0 spiro atoms. The van der Waals surface area contributed by atoms with E-state index in [4.69, 9.17) is 0 Å². The van der Waals surface area contributed by atoms with Crippen molar-refractivity contribution in [1.29, 1.82) is 0 Å². The second-order valence-corrected chi connectivity index (χ2v) is 9.78. The first-order valence-corrected chi connectivity index (χ1v) is 11.2. The summed E-state index contributed by atoms with van der Waals surface area (Å²) in [5.41, 5.74) is -0.226. The van der Waals surface area contributed by atoms with Crippen molar-refractivity contribution in [2.24, 2.45) is 11.8 Å². The zero-order valence-corrected chi connectivity index (χ0v) is 18.9. The highest BCUT2D eigenvalue weighted by atomic mass is 16.2. The summed E-state index contributed by atoms with van der Waals surface area (Å²) < 4.78 is 0. The number of nitrogens with zero attached hydrogens (tertiary/aromatic N) is 4. The van der Waals surface area contributed by atoms with Crippen LogP contribution in [0.15, 0.2) is 24.4 Å². The number of hydrogen-bond acceptors (Lipinski definition) is 4. The van der Waals surface area contributed by atoms with Crippen molar-refractivity contribution >= 4 is 17.8 Å². The lowest BCUT2D eigenvalue weighted by atomic mass is 9.81.